The molecule has 0 bridgehead atoms. The first-order chi connectivity index (χ1) is 17.3. The van der Waals surface area contributed by atoms with E-state index < -0.39 is 23.8 Å². The Bertz CT molecular complexity index is 1260. The normalized spacial score (nSPS) is 14.4. The fourth-order valence-electron chi connectivity index (χ4n) is 4.73. The smallest absolute Gasteiger partial charge is 0.346 e. The number of aromatic nitrogens is 3. The molecule has 1 amide bonds. The van der Waals surface area contributed by atoms with Crippen LogP contribution in [0.25, 0.3) is 5.57 Å². The van der Waals surface area contributed by atoms with Gasteiger partial charge in [0.05, 0.1) is 11.7 Å². The quantitative estimate of drug-likeness (QED) is 0.399. The summed E-state index contributed by atoms with van der Waals surface area (Å²) in [5.74, 6) is -0.422. The van der Waals surface area contributed by atoms with Crippen LogP contribution in [0.2, 0.25) is 0 Å². The van der Waals surface area contributed by atoms with Gasteiger partial charge in [-0.1, -0.05) is 55.1 Å². The van der Waals surface area contributed by atoms with Gasteiger partial charge in [0.1, 0.15) is 6.54 Å². The minimum absolute atomic E-state index is 0.219. The van der Waals surface area contributed by atoms with Crippen LogP contribution >= 0.6 is 0 Å². The number of alkyl halides is 3. The Morgan fingerprint density at radius 3 is 2.64 bits per heavy atom. The highest BCUT2D eigenvalue weighted by atomic mass is 19.4. The van der Waals surface area contributed by atoms with Crippen LogP contribution in [0.4, 0.5) is 13.2 Å². The molecule has 2 aromatic heterocycles. The molecule has 1 N–H and O–H groups in total. The maximum Gasteiger partial charge on any atom is 0.435 e. The van der Waals surface area contributed by atoms with Gasteiger partial charge in [-0.15, -0.1) is 0 Å². The number of allylic oxidation sites excluding steroid dienone is 3. The number of halogens is 3. The Balaban J connectivity index is 1.64. The van der Waals surface area contributed by atoms with Crippen molar-refractivity contribution in [2.24, 2.45) is 0 Å². The number of rotatable bonds is 8. The first-order valence-corrected chi connectivity index (χ1v) is 12.0. The lowest BCUT2D eigenvalue weighted by atomic mass is 9.95. The molecule has 1 aliphatic rings. The van der Waals surface area contributed by atoms with Crippen molar-refractivity contribution in [2.75, 3.05) is 0 Å². The number of carbonyl (C=O) groups is 1. The molecule has 188 valence electrons. The van der Waals surface area contributed by atoms with Gasteiger partial charge in [-0.25, -0.2) is 0 Å². The van der Waals surface area contributed by atoms with Crippen LogP contribution in [0.3, 0.4) is 0 Å². The van der Waals surface area contributed by atoms with Crippen molar-refractivity contribution in [2.45, 2.75) is 57.8 Å². The summed E-state index contributed by atoms with van der Waals surface area (Å²) in [4.78, 5) is 17.8. The van der Waals surface area contributed by atoms with Gasteiger partial charge in [-0.05, 0) is 56.2 Å². The Hall–Kier alpha value is -3.68. The lowest BCUT2D eigenvalue weighted by Crippen LogP contribution is -2.34. The molecule has 0 spiro atoms. The molecule has 0 fully saturated rings. The van der Waals surface area contributed by atoms with E-state index in [1.54, 1.807) is 6.20 Å². The van der Waals surface area contributed by atoms with Crippen molar-refractivity contribution in [3.63, 3.8) is 0 Å². The lowest BCUT2D eigenvalue weighted by Gasteiger charge is -2.22. The Labute approximate surface area is 208 Å². The van der Waals surface area contributed by atoms with Crippen LogP contribution in [0.1, 0.15) is 59.6 Å². The van der Waals surface area contributed by atoms with E-state index in [9.17, 15) is 18.0 Å². The van der Waals surface area contributed by atoms with Gasteiger partial charge in [0.15, 0.2) is 5.69 Å². The number of hydrogen-bond acceptors (Lipinski definition) is 3. The Morgan fingerprint density at radius 1 is 1.17 bits per heavy atom. The minimum Gasteiger partial charge on any atom is -0.346 e. The summed E-state index contributed by atoms with van der Waals surface area (Å²) in [6, 6.07) is 12.9. The second-order valence-electron chi connectivity index (χ2n) is 8.91. The number of carbonyl (C=O) groups excluding carboxylic acids is 1. The lowest BCUT2D eigenvalue weighted by molar-refractivity contribution is -0.142. The van der Waals surface area contributed by atoms with E-state index in [0.29, 0.717) is 37.1 Å². The number of nitrogens with one attached hydrogen (secondary N) is 1. The first kappa shape index (κ1) is 25.4. The molecular formula is C28H29F3N4O. The molecular weight excluding hydrogens is 465 g/mol. The van der Waals surface area contributed by atoms with E-state index in [1.165, 1.54) is 4.68 Å². The highest BCUT2D eigenvalue weighted by Crippen LogP contribution is 2.36. The molecule has 36 heavy (non-hydrogen) atoms. The van der Waals surface area contributed by atoms with Crippen molar-refractivity contribution in [1.29, 1.82) is 0 Å². The summed E-state index contributed by atoms with van der Waals surface area (Å²) in [5, 5.41) is 6.84. The van der Waals surface area contributed by atoms with E-state index in [2.05, 4.69) is 22.0 Å². The molecule has 0 saturated carbocycles. The SMILES string of the molecule is C=C(/C=C\C)c1cccnc1C(Cc1ccccc1)NC(=O)Cn1nc(C(F)(F)F)c2c1CCCC2. The van der Waals surface area contributed by atoms with Crippen LogP contribution in [-0.2, 0) is 36.8 Å². The number of pyridine rings is 1. The summed E-state index contributed by atoms with van der Waals surface area (Å²) in [7, 11) is 0. The highest BCUT2D eigenvalue weighted by Gasteiger charge is 2.39. The molecule has 0 saturated heterocycles. The average molecular weight is 495 g/mol. The van der Waals surface area contributed by atoms with Gasteiger partial charge >= 0.3 is 6.18 Å². The van der Waals surface area contributed by atoms with E-state index in [0.717, 1.165) is 23.1 Å². The molecule has 0 aliphatic heterocycles. The standard InChI is InChI=1S/C28H29F3N4O/c1-3-10-19(2)21-14-9-16-32-26(21)23(17-20-11-5-4-6-12-20)33-25(36)18-35-24-15-8-7-13-22(24)27(34-35)28(29,30)31/h3-6,9-12,14,16,23H,2,7-8,13,15,17-18H2,1H3,(H,33,36)/b10-3-. The third kappa shape index (κ3) is 5.75. The predicted octanol–water partition coefficient (Wildman–Crippen LogP) is 5.87. The second-order valence-corrected chi connectivity index (χ2v) is 8.91. The molecule has 1 aliphatic carbocycles. The molecule has 1 atom stereocenters. The van der Waals surface area contributed by atoms with Crippen LogP contribution < -0.4 is 5.32 Å². The third-order valence-electron chi connectivity index (χ3n) is 6.32. The van der Waals surface area contributed by atoms with Crippen molar-refractivity contribution < 1.29 is 18.0 Å². The molecule has 3 aromatic rings. The molecule has 5 nitrogen and oxygen atoms in total. The number of nitrogens with zero attached hydrogens (tertiary/aromatic N) is 3. The van der Waals surface area contributed by atoms with Crippen molar-refractivity contribution in [1.82, 2.24) is 20.1 Å². The van der Waals surface area contributed by atoms with Crippen molar-refractivity contribution >= 4 is 11.5 Å². The van der Waals surface area contributed by atoms with Gasteiger partial charge in [-0.3, -0.25) is 14.5 Å². The molecule has 2 heterocycles. The summed E-state index contributed by atoms with van der Waals surface area (Å²) in [6.45, 7) is 5.73. The number of amides is 1. The van der Waals surface area contributed by atoms with Crippen LogP contribution in [0, 0.1) is 0 Å². The highest BCUT2D eigenvalue weighted by molar-refractivity contribution is 5.78. The number of fused-ring (bicyclic) bond motifs is 1. The third-order valence-corrected chi connectivity index (χ3v) is 6.32. The second kappa shape index (κ2) is 10.9. The van der Waals surface area contributed by atoms with E-state index in [4.69, 9.17) is 0 Å². The molecule has 0 radical (unpaired) electrons. The zero-order valence-corrected chi connectivity index (χ0v) is 20.2. The monoisotopic (exact) mass is 494 g/mol. The fraction of sp³-hybridized carbons (Fsp3) is 0.321. The number of benzene rings is 1. The summed E-state index contributed by atoms with van der Waals surface area (Å²) >= 11 is 0. The van der Waals surface area contributed by atoms with Crippen molar-refractivity contribution in [3.8, 4) is 0 Å². The summed E-state index contributed by atoms with van der Waals surface area (Å²) in [5.41, 5.74) is 3.04. The van der Waals surface area contributed by atoms with Gasteiger partial charge in [0.2, 0.25) is 5.91 Å². The van der Waals surface area contributed by atoms with Gasteiger partial charge in [0.25, 0.3) is 0 Å². The van der Waals surface area contributed by atoms with Crippen molar-refractivity contribution in [3.05, 3.63) is 101 Å². The zero-order valence-electron chi connectivity index (χ0n) is 20.2. The Kier molecular flexibility index (Phi) is 7.72. The van der Waals surface area contributed by atoms with E-state index in [-0.39, 0.29) is 12.1 Å². The average Bonchev–Trinajstić information content (AvgIpc) is 3.23. The fourth-order valence-corrected chi connectivity index (χ4v) is 4.73. The maximum atomic E-state index is 13.6. The molecule has 1 aromatic carbocycles. The number of hydrogen-bond donors (Lipinski definition) is 1. The first-order valence-electron chi connectivity index (χ1n) is 12.0. The minimum atomic E-state index is -4.55. The van der Waals surface area contributed by atoms with Gasteiger partial charge in [-0.2, -0.15) is 18.3 Å². The molecule has 8 heteroatoms. The Morgan fingerprint density at radius 2 is 1.92 bits per heavy atom. The topological polar surface area (TPSA) is 59.8 Å². The zero-order chi connectivity index (χ0) is 25.7. The molecule has 4 rings (SSSR count). The molecule has 1 unspecified atom stereocenters. The van der Waals surface area contributed by atoms with Crippen LogP contribution in [-0.4, -0.2) is 20.7 Å². The van der Waals surface area contributed by atoms with Gasteiger partial charge < -0.3 is 5.32 Å². The van der Waals surface area contributed by atoms with Crippen LogP contribution in [0.5, 0.6) is 0 Å². The van der Waals surface area contributed by atoms with E-state index >= 15 is 0 Å². The summed E-state index contributed by atoms with van der Waals surface area (Å²) in [6.07, 6.45) is 3.59. The van der Waals surface area contributed by atoms with Gasteiger partial charge in [0, 0.05) is 23.0 Å². The maximum absolute atomic E-state index is 13.6. The van der Waals surface area contributed by atoms with E-state index in [1.807, 2.05) is 61.5 Å². The van der Waals surface area contributed by atoms with Crippen LogP contribution in [0.15, 0.2) is 67.4 Å². The largest absolute Gasteiger partial charge is 0.435 e. The summed E-state index contributed by atoms with van der Waals surface area (Å²) < 4.78 is 42.0. The predicted molar refractivity (Wildman–Crippen MR) is 133 cm³/mol.